The molecular weight excluding hydrogens is 401 g/mol. The Balaban J connectivity index is 1.95. The summed E-state index contributed by atoms with van der Waals surface area (Å²) in [5.41, 5.74) is 0.927. The second-order valence-electron chi connectivity index (χ2n) is 7.24. The number of nitrogens with zero attached hydrogens (tertiary/aromatic N) is 4. The van der Waals surface area contributed by atoms with Gasteiger partial charge in [-0.2, -0.15) is 8.78 Å². The zero-order valence-electron chi connectivity index (χ0n) is 15.0. The van der Waals surface area contributed by atoms with Crippen LogP contribution in [0.5, 0.6) is 0 Å². The molecule has 0 saturated carbocycles. The van der Waals surface area contributed by atoms with Gasteiger partial charge in [-0.3, -0.25) is 0 Å². The fourth-order valence-electron chi connectivity index (χ4n) is 2.40. The Morgan fingerprint density at radius 2 is 2.04 bits per heavy atom. The predicted octanol–water partition coefficient (Wildman–Crippen LogP) is 5.13. The molecule has 0 aliphatic carbocycles. The largest absolute Gasteiger partial charge is 0.415 e. The lowest BCUT2D eigenvalue weighted by atomic mass is 10.2. The zero-order chi connectivity index (χ0) is 19.8. The predicted molar refractivity (Wildman–Crippen MR) is 97.1 cm³/mol. The van der Waals surface area contributed by atoms with Crippen LogP contribution in [0.15, 0.2) is 16.7 Å². The van der Waals surface area contributed by atoms with Crippen LogP contribution in [0.4, 0.5) is 13.2 Å². The summed E-state index contributed by atoms with van der Waals surface area (Å²) in [6, 6.07) is 2.18. The monoisotopic (exact) mass is 418 g/mol. The van der Waals surface area contributed by atoms with Gasteiger partial charge in [0, 0.05) is 26.9 Å². The molecule has 11 heteroatoms. The van der Waals surface area contributed by atoms with Crippen molar-refractivity contribution in [2.75, 3.05) is 6.61 Å². The molecule has 0 bridgehead atoms. The number of hydrogen-bond acceptors (Lipinski definition) is 5. The fraction of sp³-hybridized carbons (Fsp3) is 0.438. The molecule has 6 nitrogen and oxygen atoms in total. The molecule has 0 N–H and O–H groups in total. The van der Waals surface area contributed by atoms with Crippen LogP contribution in [0, 0.1) is 5.82 Å². The van der Waals surface area contributed by atoms with Crippen molar-refractivity contribution >= 4 is 30.7 Å². The summed E-state index contributed by atoms with van der Waals surface area (Å²) in [4.78, 5) is 4.00. The Labute approximate surface area is 159 Å². The van der Waals surface area contributed by atoms with Gasteiger partial charge in [0.25, 0.3) is 11.8 Å². The van der Waals surface area contributed by atoms with Gasteiger partial charge in [-0.15, -0.1) is 10.2 Å². The highest BCUT2D eigenvalue weighted by atomic mass is 35.5. The molecule has 0 radical (unpaired) electrons. The van der Waals surface area contributed by atoms with E-state index in [9.17, 15) is 13.2 Å². The van der Waals surface area contributed by atoms with E-state index in [0.29, 0.717) is 12.1 Å². The number of aromatic nitrogens is 4. The number of ether oxygens (including phenoxy) is 1. The number of pyridine rings is 1. The Hall–Kier alpha value is -1.91. The number of fused-ring (bicyclic) bond motifs is 1. The summed E-state index contributed by atoms with van der Waals surface area (Å²) >= 11 is 5.78. The summed E-state index contributed by atoms with van der Waals surface area (Å²) in [5.74, 6) is -1.65. The molecule has 0 fully saturated rings. The zero-order valence-corrected chi connectivity index (χ0v) is 16.7. The first-order valence-electron chi connectivity index (χ1n) is 8.20. The van der Waals surface area contributed by atoms with Gasteiger partial charge in [0.2, 0.25) is 0 Å². The maximum atomic E-state index is 13.9. The van der Waals surface area contributed by atoms with Crippen molar-refractivity contribution in [2.24, 2.45) is 0 Å². The molecule has 3 aromatic rings. The average molecular weight is 419 g/mol. The standard InChI is InChI=1S/C16H18ClF3N4O2Si/c1-27(2,3)5-4-25-8-24-7-9(15-22-23-16(26-15)14(19)20)12-11(24)6-10(18)13(17)21-12/h6-7,14H,4-5,8H2,1-3H3. The van der Waals surface area contributed by atoms with E-state index in [-0.39, 0.29) is 28.9 Å². The Kier molecular flexibility index (Phi) is 5.59. The van der Waals surface area contributed by atoms with Crippen LogP contribution in [-0.2, 0) is 11.5 Å². The minimum absolute atomic E-state index is 0.138. The Morgan fingerprint density at radius 1 is 1.30 bits per heavy atom. The molecule has 0 aromatic carbocycles. The van der Waals surface area contributed by atoms with E-state index in [4.69, 9.17) is 20.8 Å². The van der Waals surface area contributed by atoms with E-state index in [1.54, 1.807) is 10.8 Å². The molecule has 0 atom stereocenters. The van der Waals surface area contributed by atoms with Crippen molar-refractivity contribution in [1.29, 1.82) is 0 Å². The molecule has 27 heavy (non-hydrogen) atoms. The highest BCUT2D eigenvalue weighted by Crippen LogP contribution is 2.32. The fourth-order valence-corrected chi connectivity index (χ4v) is 3.29. The highest BCUT2D eigenvalue weighted by Gasteiger charge is 2.22. The summed E-state index contributed by atoms with van der Waals surface area (Å²) in [6.07, 6.45) is -1.34. The van der Waals surface area contributed by atoms with Crippen LogP contribution < -0.4 is 0 Å². The van der Waals surface area contributed by atoms with Crippen LogP contribution >= 0.6 is 11.6 Å². The molecule has 0 amide bonds. The van der Waals surface area contributed by atoms with Crippen LogP contribution in [-0.4, -0.2) is 34.4 Å². The number of hydrogen-bond donors (Lipinski definition) is 0. The topological polar surface area (TPSA) is 66.0 Å². The van der Waals surface area contributed by atoms with Gasteiger partial charge in [-0.1, -0.05) is 31.2 Å². The van der Waals surface area contributed by atoms with Crippen LogP contribution in [0.1, 0.15) is 12.3 Å². The molecule has 0 spiro atoms. The van der Waals surface area contributed by atoms with E-state index < -0.39 is 26.2 Å². The van der Waals surface area contributed by atoms with Gasteiger partial charge in [0.1, 0.15) is 12.2 Å². The van der Waals surface area contributed by atoms with Crippen molar-refractivity contribution in [3.8, 4) is 11.5 Å². The lowest BCUT2D eigenvalue weighted by Gasteiger charge is -2.15. The van der Waals surface area contributed by atoms with Crippen molar-refractivity contribution in [1.82, 2.24) is 19.7 Å². The second-order valence-corrected chi connectivity index (χ2v) is 13.2. The Morgan fingerprint density at radius 3 is 2.67 bits per heavy atom. The minimum Gasteiger partial charge on any atom is -0.415 e. The van der Waals surface area contributed by atoms with E-state index in [1.807, 2.05) is 0 Å². The van der Waals surface area contributed by atoms with E-state index in [1.165, 1.54) is 6.07 Å². The number of rotatable bonds is 7. The third-order valence-corrected chi connectivity index (χ3v) is 5.82. The maximum Gasteiger partial charge on any atom is 0.314 e. The SMILES string of the molecule is C[Si](C)(C)CCOCn1cc(-c2nnc(C(F)F)o2)c2nc(Cl)c(F)cc21. The molecular formula is C16H18ClF3N4O2Si. The van der Waals surface area contributed by atoms with Crippen molar-refractivity contribution < 1.29 is 22.3 Å². The van der Waals surface area contributed by atoms with E-state index in [0.717, 1.165) is 6.04 Å². The van der Waals surface area contributed by atoms with E-state index in [2.05, 4.69) is 34.8 Å². The van der Waals surface area contributed by atoms with Gasteiger partial charge in [-0.25, -0.2) is 9.37 Å². The van der Waals surface area contributed by atoms with Crippen molar-refractivity contribution in [3.05, 3.63) is 29.1 Å². The second kappa shape index (κ2) is 7.61. The van der Waals surface area contributed by atoms with Crippen LogP contribution in [0.3, 0.4) is 0 Å². The third-order valence-electron chi connectivity index (χ3n) is 3.85. The summed E-state index contributed by atoms with van der Waals surface area (Å²) < 4.78 is 51.7. The average Bonchev–Trinajstić information content (AvgIpc) is 3.17. The van der Waals surface area contributed by atoms with Gasteiger partial charge in [0.15, 0.2) is 11.0 Å². The van der Waals surface area contributed by atoms with Crippen molar-refractivity contribution in [2.45, 2.75) is 38.8 Å². The van der Waals surface area contributed by atoms with Crippen LogP contribution in [0.25, 0.3) is 22.5 Å². The van der Waals surface area contributed by atoms with Gasteiger partial charge < -0.3 is 13.7 Å². The lowest BCUT2D eigenvalue weighted by molar-refractivity contribution is 0.0902. The lowest BCUT2D eigenvalue weighted by Crippen LogP contribution is -2.21. The minimum atomic E-state index is -2.89. The number of alkyl halides is 2. The van der Waals surface area contributed by atoms with Gasteiger partial charge in [-0.05, 0) is 6.04 Å². The molecule has 0 unspecified atom stereocenters. The van der Waals surface area contributed by atoms with Gasteiger partial charge >= 0.3 is 6.43 Å². The molecule has 3 aromatic heterocycles. The van der Waals surface area contributed by atoms with Gasteiger partial charge in [0.05, 0.1) is 11.1 Å². The quantitative estimate of drug-likeness (QED) is 0.302. The molecule has 0 aliphatic rings. The molecule has 3 rings (SSSR count). The Bertz CT molecular complexity index is 955. The van der Waals surface area contributed by atoms with Crippen molar-refractivity contribution in [3.63, 3.8) is 0 Å². The molecule has 0 aliphatic heterocycles. The third kappa shape index (κ3) is 4.50. The van der Waals surface area contributed by atoms with E-state index >= 15 is 0 Å². The first-order valence-corrected chi connectivity index (χ1v) is 12.3. The first kappa shape index (κ1) is 19.8. The highest BCUT2D eigenvalue weighted by molar-refractivity contribution is 6.76. The molecule has 3 heterocycles. The maximum absolute atomic E-state index is 13.9. The van der Waals surface area contributed by atoms with Crippen LogP contribution in [0.2, 0.25) is 30.8 Å². The summed E-state index contributed by atoms with van der Waals surface area (Å²) in [5, 5.41) is 6.60. The molecule has 0 saturated heterocycles. The summed E-state index contributed by atoms with van der Waals surface area (Å²) in [6.45, 7) is 7.40. The smallest absolute Gasteiger partial charge is 0.314 e. The molecule has 146 valence electrons. The number of halogens is 4. The summed E-state index contributed by atoms with van der Waals surface area (Å²) in [7, 11) is -1.25. The normalized spacial score (nSPS) is 12.4. The first-order chi connectivity index (χ1) is 12.7.